The molecule has 0 aliphatic carbocycles. The molecule has 0 unspecified atom stereocenters. The first-order valence-electron chi connectivity index (χ1n) is 10.8. The summed E-state index contributed by atoms with van der Waals surface area (Å²) >= 11 is 0. The summed E-state index contributed by atoms with van der Waals surface area (Å²) < 4.78 is 2.13. The van der Waals surface area contributed by atoms with Crippen LogP contribution in [0.25, 0.3) is 22.2 Å². The summed E-state index contributed by atoms with van der Waals surface area (Å²) in [6.07, 6.45) is 13.0. The van der Waals surface area contributed by atoms with E-state index in [9.17, 15) is 0 Å². The van der Waals surface area contributed by atoms with Crippen molar-refractivity contribution in [3.8, 4) is 0 Å². The fourth-order valence-electron chi connectivity index (χ4n) is 3.81. The van der Waals surface area contributed by atoms with Gasteiger partial charge >= 0.3 is 0 Å². The van der Waals surface area contributed by atoms with Gasteiger partial charge in [-0.25, -0.2) is 4.98 Å². The van der Waals surface area contributed by atoms with Crippen LogP contribution in [-0.4, -0.2) is 34.1 Å². The smallest absolute Gasteiger partial charge is 0.201 e. The topological polar surface area (TPSA) is 47.1 Å². The molecule has 0 spiro atoms. The van der Waals surface area contributed by atoms with E-state index < -0.39 is 0 Å². The first-order valence-corrected chi connectivity index (χ1v) is 10.8. The molecular weight excluding hydrogens is 368 g/mol. The molecule has 0 aliphatic heterocycles. The van der Waals surface area contributed by atoms with Gasteiger partial charge in [0.2, 0.25) is 5.95 Å². The van der Waals surface area contributed by atoms with Gasteiger partial charge in [0.05, 0.1) is 11.0 Å². The summed E-state index contributed by atoms with van der Waals surface area (Å²) in [5.41, 5.74) is 12.7. The van der Waals surface area contributed by atoms with Gasteiger partial charge in [-0.1, -0.05) is 63.5 Å². The third kappa shape index (κ3) is 5.19. The van der Waals surface area contributed by atoms with Crippen molar-refractivity contribution in [3.05, 3.63) is 72.9 Å². The Bertz CT molecular complexity index is 969. The maximum absolute atomic E-state index is 6.33. The molecule has 1 aromatic carbocycles. The number of nitrogen functional groups attached to an aromatic ring is 1. The summed E-state index contributed by atoms with van der Waals surface area (Å²) in [6, 6.07) is 4.33. The lowest BCUT2D eigenvalue weighted by Gasteiger charge is -2.18. The first-order chi connectivity index (χ1) is 14.5. The van der Waals surface area contributed by atoms with Crippen molar-refractivity contribution in [2.75, 3.05) is 25.4 Å². The molecule has 160 valence electrons. The van der Waals surface area contributed by atoms with Crippen molar-refractivity contribution in [3.63, 3.8) is 0 Å². The number of rotatable bonds is 11. The van der Waals surface area contributed by atoms with E-state index in [4.69, 9.17) is 5.73 Å². The van der Waals surface area contributed by atoms with Crippen LogP contribution >= 0.6 is 0 Å². The monoisotopic (exact) mass is 404 g/mol. The molecule has 0 aliphatic rings. The average Bonchev–Trinajstić information content (AvgIpc) is 3.06. The third-order valence-corrected chi connectivity index (χ3v) is 5.46. The van der Waals surface area contributed by atoms with E-state index in [0.29, 0.717) is 5.95 Å². The number of nitrogens with zero attached hydrogens (tertiary/aromatic N) is 3. The first kappa shape index (κ1) is 23.4. The predicted octanol–water partition coefficient (Wildman–Crippen LogP) is 6.09. The minimum Gasteiger partial charge on any atom is -0.369 e. The van der Waals surface area contributed by atoms with Gasteiger partial charge in [-0.3, -0.25) is 0 Å². The van der Waals surface area contributed by atoms with Gasteiger partial charge in [0.15, 0.2) is 0 Å². The Morgan fingerprint density at radius 2 is 1.83 bits per heavy atom. The van der Waals surface area contributed by atoms with E-state index in [1.165, 1.54) is 0 Å². The van der Waals surface area contributed by atoms with Crippen LogP contribution in [0.2, 0.25) is 0 Å². The van der Waals surface area contributed by atoms with Crippen molar-refractivity contribution in [1.29, 1.82) is 0 Å². The van der Waals surface area contributed by atoms with E-state index in [2.05, 4.69) is 65.7 Å². The summed E-state index contributed by atoms with van der Waals surface area (Å²) in [6.45, 7) is 20.4. The maximum atomic E-state index is 6.33. The molecule has 0 saturated carbocycles. The normalized spacial score (nSPS) is 13.0. The number of hydrogen-bond acceptors (Lipinski definition) is 3. The fourth-order valence-corrected chi connectivity index (χ4v) is 3.81. The molecule has 2 N–H and O–H groups in total. The van der Waals surface area contributed by atoms with Crippen LogP contribution in [0.4, 0.5) is 5.95 Å². The summed E-state index contributed by atoms with van der Waals surface area (Å²) in [4.78, 5) is 7.10. The minimum absolute atomic E-state index is 0.563. The molecule has 4 nitrogen and oxygen atoms in total. The van der Waals surface area contributed by atoms with E-state index in [0.717, 1.165) is 65.9 Å². The zero-order valence-corrected chi connectivity index (χ0v) is 19.0. The van der Waals surface area contributed by atoms with Crippen molar-refractivity contribution in [2.24, 2.45) is 0 Å². The third-order valence-electron chi connectivity index (χ3n) is 5.46. The lowest BCUT2D eigenvalue weighted by atomic mass is 9.92. The van der Waals surface area contributed by atoms with Crippen molar-refractivity contribution >= 4 is 28.1 Å². The fraction of sp³-hybridized carbons (Fsp3) is 0.346. The number of benzene rings is 1. The lowest BCUT2D eigenvalue weighted by molar-refractivity contribution is 0.294. The molecule has 2 aromatic rings. The van der Waals surface area contributed by atoms with E-state index >= 15 is 0 Å². The number of allylic oxidation sites excluding steroid dienone is 8. The number of aryl methyl sites for hydroxylation is 1. The molecule has 0 bridgehead atoms. The van der Waals surface area contributed by atoms with Crippen LogP contribution in [0.15, 0.2) is 61.7 Å². The number of fused-ring (bicyclic) bond motifs is 1. The Labute approximate surface area is 181 Å². The molecule has 30 heavy (non-hydrogen) atoms. The Hall–Kier alpha value is -2.85. The zero-order chi connectivity index (χ0) is 22.1. The van der Waals surface area contributed by atoms with Gasteiger partial charge in [-0.2, -0.15) is 0 Å². The molecule has 4 heteroatoms. The largest absolute Gasteiger partial charge is 0.369 e. The van der Waals surface area contributed by atoms with Gasteiger partial charge in [-0.05, 0) is 74.3 Å². The molecule has 2 rings (SSSR count). The highest BCUT2D eigenvalue weighted by Gasteiger charge is 2.15. The molecule has 1 aromatic heterocycles. The highest BCUT2D eigenvalue weighted by molar-refractivity contribution is 5.94. The number of imidazole rings is 1. The summed E-state index contributed by atoms with van der Waals surface area (Å²) in [7, 11) is 0. The van der Waals surface area contributed by atoms with Crippen LogP contribution in [0, 0.1) is 0 Å². The van der Waals surface area contributed by atoms with Crippen molar-refractivity contribution in [2.45, 2.75) is 40.7 Å². The molecule has 1 heterocycles. The number of aromatic nitrogens is 2. The van der Waals surface area contributed by atoms with Crippen LogP contribution in [0.5, 0.6) is 0 Å². The van der Waals surface area contributed by atoms with Gasteiger partial charge in [0.1, 0.15) is 0 Å². The molecule has 0 atom stereocenters. The van der Waals surface area contributed by atoms with Crippen molar-refractivity contribution in [1.82, 2.24) is 14.5 Å². The van der Waals surface area contributed by atoms with Gasteiger partial charge < -0.3 is 15.2 Å². The van der Waals surface area contributed by atoms with Crippen molar-refractivity contribution < 1.29 is 0 Å². The van der Waals surface area contributed by atoms with Crippen LogP contribution in [0.1, 0.15) is 45.2 Å². The number of nitrogens with two attached hydrogens (primary N) is 1. The second-order valence-corrected chi connectivity index (χ2v) is 7.19. The SMILES string of the molecule is C=C/C=C(\C=C)c1cc2c(cc1C(/C=C\C)=C/C)nc(N)n2CCCN(CC)CC. The number of anilines is 1. The highest BCUT2D eigenvalue weighted by Crippen LogP contribution is 2.32. The second kappa shape index (κ2) is 11.4. The van der Waals surface area contributed by atoms with E-state index in [1.807, 2.05) is 32.1 Å². The Morgan fingerprint density at radius 3 is 2.40 bits per heavy atom. The minimum atomic E-state index is 0.563. The van der Waals surface area contributed by atoms with Gasteiger partial charge in [0.25, 0.3) is 0 Å². The Balaban J connectivity index is 2.60. The maximum Gasteiger partial charge on any atom is 0.201 e. The Kier molecular flexibility index (Phi) is 8.88. The van der Waals surface area contributed by atoms with Crippen LogP contribution in [-0.2, 0) is 6.54 Å². The number of hydrogen-bond donors (Lipinski definition) is 1. The summed E-state index contributed by atoms with van der Waals surface area (Å²) in [5.74, 6) is 0.563. The predicted molar refractivity (Wildman–Crippen MR) is 133 cm³/mol. The van der Waals surface area contributed by atoms with Crippen LogP contribution in [0.3, 0.4) is 0 Å². The summed E-state index contributed by atoms with van der Waals surface area (Å²) in [5, 5.41) is 0. The molecule has 0 fully saturated rings. The molecular formula is C26H36N4. The standard InChI is InChI=1S/C26H36N4/c1-7-14-20(9-3)22-18-24-25(19-23(22)21(10-4)15-8-2)30(26(27)28-24)17-13-16-29(11-5)12-6/h7-10,14-15,18-19H,2,4,11-13,16-17H2,1,3,5-6H3,(H2,27,28)/b14-7-,20-9+,21-15+. The average molecular weight is 405 g/mol. The van der Waals surface area contributed by atoms with E-state index in [1.54, 1.807) is 6.08 Å². The molecule has 0 radical (unpaired) electrons. The quantitative estimate of drug-likeness (QED) is 0.461. The molecule has 0 amide bonds. The highest BCUT2D eigenvalue weighted by atomic mass is 15.2. The van der Waals surface area contributed by atoms with Gasteiger partial charge in [0, 0.05) is 6.54 Å². The van der Waals surface area contributed by atoms with Gasteiger partial charge in [-0.15, -0.1) is 0 Å². The lowest BCUT2D eigenvalue weighted by Crippen LogP contribution is -2.25. The van der Waals surface area contributed by atoms with E-state index in [-0.39, 0.29) is 0 Å². The Morgan fingerprint density at radius 1 is 1.13 bits per heavy atom. The molecule has 0 saturated heterocycles. The zero-order valence-electron chi connectivity index (χ0n) is 19.0. The second-order valence-electron chi connectivity index (χ2n) is 7.19. The van der Waals surface area contributed by atoms with Crippen LogP contribution < -0.4 is 5.73 Å².